The molecule has 0 aromatic carbocycles. The molecule has 0 amide bonds. The summed E-state index contributed by atoms with van der Waals surface area (Å²) >= 11 is 1.79. The van der Waals surface area contributed by atoms with E-state index in [1.165, 1.54) is 10.4 Å². The van der Waals surface area contributed by atoms with Crippen molar-refractivity contribution in [3.8, 4) is 0 Å². The number of carboxylic acids is 1. The number of thiophene rings is 1. The molecular formula is C12H19NO2S. The summed E-state index contributed by atoms with van der Waals surface area (Å²) in [6, 6.07) is 2.14. The van der Waals surface area contributed by atoms with Gasteiger partial charge in [0.15, 0.2) is 0 Å². The van der Waals surface area contributed by atoms with E-state index in [9.17, 15) is 4.79 Å². The number of hydrogen-bond donors (Lipinski definition) is 1. The molecule has 1 aromatic rings. The number of nitrogens with zero attached hydrogens (tertiary/aromatic N) is 1. The van der Waals surface area contributed by atoms with Gasteiger partial charge in [-0.2, -0.15) is 0 Å². The molecule has 1 heterocycles. The first kappa shape index (κ1) is 13.2. The molecular weight excluding hydrogens is 222 g/mol. The number of aliphatic carboxylic acids is 1. The summed E-state index contributed by atoms with van der Waals surface area (Å²) < 4.78 is 0. The van der Waals surface area contributed by atoms with Gasteiger partial charge in [-0.1, -0.05) is 0 Å². The minimum Gasteiger partial charge on any atom is -0.481 e. The fraction of sp³-hybridized carbons (Fsp3) is 0.583. The van der Waals surface area contributed by atoms with Crippen molar-refractivity contribution >= 4 is 17.3 Å². The molecule has 0 bridgehead atoms. The predicted molar refractivity (Wildman–Crippen MR) is 66.9 cm³/mol. The predicted octanol–water partition coefficient (Wildman–Crippen LogP) is 2.74. The Kier molecular flexibility index (Phi) is 5.49. The molecule has 3 nitrogen and oxygen atoms in total. The van der Waals surface area contributed by atoms with Crippen molar-refractivity contribution in [2.75, 3.05) is 13.6 Å². The minimum atomic E-state index is -0.697. The molecule has 0 saturated carbocycles. The molecule has 1 aromatic heterocycles. The van der Waals surface area contributed by atoms with Gasteiger partial charge in [-0.15, -0.1) is 11.3 Å². The lowest BCUT2D eigenvalue weighted by Crippen LogP contribution is -2.19. The van der Waals surface area contributed by atoms with Gasteiger partial charge in [0, 0.05) is 17.8 Å². The van der Waals surface area contributed by atoms with Crippen molar-refractivity contribution in [1.82, 2.24) is 4.90 Å². The van der Waals surface area contributed by atoms with Crippen LogP contribution >= 0.6 is 11.3 Å². The molecule has 1 rings (SSSR count). The molecule has 0 unspecified atom stereocenters. The average molecular weight is 241 g/mol. The molecule has 0 aliphatic heterocycles. The Hall–Kier alpha value is -0.870. The van der Waals surface area contributed by atoms with Gasteiger partial charge in [0.05, 0.1) is 0 Å². The number of carbonyl (C=O) groups is 1. The van der Waals surface area contributed by atoms with Crippen LogP contribution in [-0.2, 0) is 11.3 Å². The standard InChI is InChI=1S/C12H19NO2S/c1-10-6-8-16-11(10)9-13(2)7-4-3-5-12(14)15/h6,8H,3-5,7,9H2,1-2H3,(H,14,15). The summed E-state index contributed by atoms with van der Waals surface area (Å²) in [7, 11) is 2.08. The molecule has 0 aliphatic carbocycles. The maximum Gasteiger partial charge on any atom is 0.303 e. The van der Waals surface area contributed by atoms with E-state index in [4.69, 9.17) is 5.11 Å². The van der Waals surface area contributed by atoms with Crippen LogP contribution in [0.5, 0.6) is 0 Å². The van der Waals surface area contributed by atoms with Crippen molar-refractivity contribution in [3.05, 3.63) is 21.9 Å². The topological polar surface area (TPSA) is 40.5 Å². The molecule has 90 valence electrons. The summed E-state index contributed by atoms with van der Waals surface area (Å²) in [6.45, 7) is 4.06. The van der Waals surface area contributed by atoms with Gasteiger partial charge in [-0.25, -0.2) is 0 Å². The summed E-state index contributed by atoms with van der Waals surface area (Å²) in [5.74, 6) is -0.697. The Labute approximate surface area is 101 Å². The van der Waals surface area contributed by atoms with Crippen molar-refractivity contribution < 1.29 is 9.90 Å². The highest BCUT2D eigenvalue weighted by molar-refractivity contribution is 7.10. The zero-order valence-corrected chi connectivity index (χ0v) is 10.7. The van der Waals surface area contributed by atoms with Crippen LogP contribution in [0.4, 0.5) is 0 Å². The molecule has 0 fully saturated rings. The van der Waals surface area contributed by atoms with Gasteiger partial charge in [0.1, 0.15) is 0 Å². The number of unbranched alkanes of at least 4 members (excludes halogenated alkanes) is 1. The summed E-state index contributed by atoms with van der Waals surface area (Å²) in [5.41, 5.74) is 1.35. The third-order valence-corrected chi connectivity index (χ3v) is 3.57. The van der Waals surface area contributed by atoms with Gasteiger partial charge >= 0.3 is 5.97 Å². The first-order valence-corrected chi connectivity index (χ1v) is 6.41. The van der Waals surface area contributed by atoms with Crippen molar-refractivity contribution in [2.24, 2.45) is 0 Å². The van der Waals surface area contributed by atoms with Gasteiger partial charge in [0.25, 0.3) is 0 Å². The van der Waals surface area contributed by atoms with Crippen LogP contribution < -0.4 is 0 Å². The Morgan fingerprint density at radius 2 is 2.25 bits per heavy atom. The SMILES string of the molecule is Cc1ccsc1CN(C)CCCCC(=O)O. The fourth-order valence-corrected chi connectivity index (χ4v) is 2.53. The first-order chi connectivity index (χ1) is 7.59. The quantitative estimate of drug-likeness (QED) is 0.746. The Morgan fingerprint density at radius 1 is 1.50 bits per heavy atom. The van der Waals surface area contributed by atoms with E-state index in [-0.39, 0.29) is 6.42 Å². The van der Waals surface area contributed by atoms with Gasteiger partial charge < -0.3 is 10.0 Å². The van der Waals surface area contributed by atoms with Crippen LogP contribution in [0.15, 0.2) is 11.4 Å². The Morgan fingerprint density at radius 3 is 2.81 bits per heavy atom. The Balaban J connectivity index is 2.19. The molecule has 4 heteroatoms. The van der Waals surface area contributed by atoms with E-state index in [0.29, 0.717) is 0 Å². The first-order valence-electron chi connectivity index (χ1n) is 5.53. The summed E-state index contributed by atoms with van der Waals surface area (Å²) in [5, 5.41) is 10.6. The monoisotopic (exact) mass is 241 g/mol. The average Bonchev–Trinajstić information content (AvgIpc) is 2.59. The highest BCUT2D eigenvalue weighted by atomic mass is 32.1. The second-order valence-corrected chi connectivity index (χ2v) is 5.12. The second-order valence-electron chi connectivity index (χ2n) is 4.12. The van der Waals surface area contributed by atoms with E-state index in [1.807, 2.05) is 0 Å². The van der Waals surface area contributed by atoms with Crippen molar-refractivity contribution in [1.29, 1.82) is 0 Å². The number of hydrogen-bond acceptors (Lipinski definition) is 3. The van der Waals surface area contributed by atoms with Gasteiger partial charge in [0.2, 0.25) is 0 Å². The van der Waals surface area contributed by atoms with Crippen LogP contribution in [-0.4, -0.2) is 29.6 Å². The van der Waals surface area contributed by atoms with E-state index >= 15 is 0 Å². The molecule has 0 aliphatic rings. The lowest BCUT2D eigenvalue weighted by atomic mass is 10.2. The maximum atomic E-state index is 10.3. The largest absolute Gasteiger partial charge is 0.481 e. The van der Waals surface area contributed by atoms with Crippen LogP contribution in [0.1, 0.15) is 29.7 Å². The van der Waals surface area contributed by atoms with E-state index in [2.05, 4.69) is 30.3 Å². The molecule has 0 atom stereocenters. The normalized spacial score (nSPS) is 10.9. The van der Waals surface area contributed by atoms with Crippen LogP contribution in [0.2, 0.25) is 0 Å². The highest BCUT2D eigenvalue weighted by Crippen LogP contribution is 2.17. The zero-order valence-electron chi connectivity index (χ0n) is 9.90. The van der Waals surface area contributed by atoms with E-state index in [1.54, 1.807) is 11.3 Å². The lowest BCUT2D eigenvalue weighted by molar-refractivity contribution is -0.137. The van der Waals surface area contributed by atoms with Crippen molar-refractivity contribution in [2.45, 2.75) is 32.7 Å². The summed E-state index contributed by atoms with van der Waals surface area (Å²) in [4.78, 5) is 14.0. The minimum absolute atomic E-state index is 0.284. The zero-order chi connectivity index (χ0) is 12.0. The van der Waals surface area contributed by atoms with Crippen LogP contribution in [0.3, 0.4) is 0 Å². The van der Waals surface area contributed by atoms with Crippen LogP contribution in [0, 0.1) is 6.92 Å². The number of carboxylic acid groups (broad SMARTS) is 1. The third kappa shape index (κ3) is 4.77. The summed E-state index contributed by atoms with van der Waals surface area (Å²) in [6.07, 6.45) is 2.00. The lowest BCUT2D eigenvalue weighted by Gasteiger charge is -2.15. The van der Waals surface area contributed by atoms with Gasteiger partial charge in [-0.05, 0) is 50.4 Å². The molecule has 16 heavy (non-hydrogen) atoms. The third-order valence-electron chi connectivity index (χ3n) is 2.56. The molecule has 0 radical (unpaired) electrons. The fourth-order valence-electron chi connectivity index (χ4n) is 1.55. The smallest absolute Gasteiger partial charge is 0.303 e. The highest BCUT2D eigenvalue weighted by Gasteiger charge is 2.04. The van der Waals surface area contributed by atoms with Crippen LogP contribution in [0.25, 0.3) is 0 Å². The maximum absolute atomic E-state index is 10.3. The second kappa shape index (κ2) is 6.66. The number of rotatable bonds is 7. The molecule has 1 N–H and O–H groups in total. The van der Waals surface area contributed by atoms with E-state index in [0.717, 1.165) is 25.9 Å². The number of aryl methyl sites for hydroxylation is 1. The molecule has 0 saturated heterocycles. The Bertz CT molecular complexity index is 336. The van der Waals surface area contributed by atoms with E-state index < -0.39 is 5.97 Å². The van der Waals surface area contributed by atoms with Gasteiger partial charge in [-0.3, -0.25) is 4.79 Å². The molecule has 0 spiro atoms. The van der Waals surface area contributed by atoms with Crippen molar-refractivity contribution in [3.63, 3.8) is 0 Å².